The molecule has 0 aliphatic rings. The van der Waals surface area contributed by atoms with E-state index in [0.29, 0.717) is 30.3 Å². The van der Waals surface area contributed by atoms with Crippen molar-refractivity contribution >= 4 is 0 Å². The zero-order valence-corrected chi connectivity index (χ0v) is 20.4. The lowest BCUT2D eigenvalue weighted by atomic mass is 9.67. The molecule has 0 atom stereocenters. The van der Waals surface area contributed by atoms with Gasteiger partial charge in [0.15, 0.2) is 0 Å². The fourth-order valence-electron chi connectivity index (χ4n) is 4.80. The van der Waals surface area contributed by atoms with Crippen LogP contribution in [0.3, 0.4) is 0 Å². The molecule has 12 heteroatoms. The first kappa shape index (κ1) is 30.4. The Morgan fingerprint density at radius 1 is 0.385 bits per heavy atom. The summed E-state index contributed by atoms with van der Waals surface area (Å²) in [5.74, 6) is 0. The Kier molecular flexibility index (Phi) is 7.38. The van der Waals surface area contributed by atoms with Crippen molar-refractivity contribution in [3.8, 4) is 0 Å². The number of benzene rings is 3. The van der Waals surface area contributed by atoms with Crippen molar-refractivity contribution in [2.75, 3.05) is 0 Å². The molecular weight excluding hydrogens is 552 g/mol. The smallest absolute Gasteiger partial charge is 0.169 e. The molecule has 3 rings (SSSR count). The molecule has 0 saturated carbocycles. The van der Waals surface area contributed by atoms with Gasteiger partial charge in [0, 0.05) is 0 Å². The second kappa shape index (κ2) is 9.48. The van der Waals surface area contributed by atoms with Gasteiger partial charge < -0.3 is 0 Å². The minimum Gasteiger partial charge on any atom is -0.169 e. The van der Waals surface area contributed by atoms with E-state index in [0.717, 1.165) is 31.2 Å². The Labute approximate surface area is 215 Å². The molecule has 212 valence electrons. The van der Waals surface area contributed by atoms with Crippen molar-refractivity contribution < 1.29 is 52.7 Å². The highest BCUT2D eigenvalue weighted by atomic mass is 19.4. The summed E-state index contributed by atoms with van der Waals surface area (Å²) in [7, 11) is 0. The average molecular weight is 572 g/mol. The first-order chi connectivity index (χ1) is 17.6. The van der Waals surface area contributed by atoms with E-state index in [2.05, 4.69) is 0 Å². The van der Waals surface area contributed by atoms with Crippen LogP contribution in [0.5, 0.6) is 0 Å². The van der Waals surface area contributed by atoms with Gasteiger partial charge in [0.05, 0.1) is 0 Å². The van der Waals surface area contributed by atoms with Crippen LogP contribution in [0.1, 0.15) is 38.9 Å². The molecule has 0 aromatic heterocycles. The zero-order valence-electron chi connectivity index (χ0n) is 20.4. The Hall–Kier alpha value is -3.18. The molecule has 39 heavy (non-hydrogen) atoms. The molecule has 0 saturated heterocycles. The lowest BCUT2D eigenvalue weighted by Gasteiger charge is -2.42. The molecule has 0 radical (unpaired) electrons. The molecule has 0 bridgehead atoms. The van der Waals surface area contributed by atoms with Crippen molar-refractivity contribution in [1.29, 1.82) is 0 Å². The number of hydrogen-bond donors (Lipinski definition) is 0. The highest BCUT2D eigenvalue weighted by Crippen LogP contribution is 2.60. The Balaban J connectivity index is 2.58. The molecule has 0 amide bonds. The van der Waals surface area contributed by atoms with Crippen LogP contribution in [0, 0.1) is 20.8 Å². The van der Waals surface area contributed by atoms with Gasteiger partial charge in [-0.05, 0) is 48.6 Å². The molecule has 0 fully saturated rings. The lowest BCUT2D eigenvalue weighted by molar-refractivity contribution is -0.289. The molecule has 0 unspecified atom stereocenters. The van der Waals surface area contributed by atoms with Crippen LogP contribution in [-0.2, 0) is 10.8 Å². The van der Waals surface area contributed by atoms with Crippen molar-refractivity contribution in [2.24, 2.45) is 0 Å². The van der Waals surface area contributed by atoms with Crippen LogP contribution >= 0.6 is 0 Å². The van der Waals surface area contributed by atoms with Crippen LogP contribution in [0.15, 0.2) is 66.7 Å². The van der Waals surface area contributed by atoms with Gasteiger partial charge in [-0.25, -0.2) is 0 Å². The summed E-state index contributed by atoms with van der Waals surface area (Å²) in [6.45, 7) is 3.51. The van der Waals surface area contributed by atoms with E-state index in [-0.39, 0.29) is 23.3 Å². The highest BCUT2D eigenvalue weighted by Gasteiger charge is 2.75. The fourth-order valence-corrected chi connectivity index (χ4v) is 4.80. The van der Waals surface area contributed by atoms with E-state index in [9.17, 15) is 52.7 Å². The standard InChI is InChI=1S/C27H20F12/c1-15-4-9-18(10-5-15)22(24(28,29)30,25(31,32)33)20-13-8-17(3)21(14-20)23(26(34,35)36,27(37,38)39)19-11-6-16(2)7-12-19/h4-14H,1-3H3. The third kappa shape index (κ3) is 4.65. The molecule has 0 heterocycles. The normalized spacial score (nSPS) is 14.0. The van der Waals surface area contributed by atoms with E-state index < -0.39 is 63.4 Å². The van der Waals surface area contributed by atoms with E-state index >= 15 is 0 Å². The minimum atomic E-state index is -6.22. The molecular formula is C27H20F12. The average Bonchev–Trinajstić information content (AvgIpc) is 2.75. The quantitative estimate of drug-likeness (QED) is 0.273. The molecule has 0 aliphatic carbocycles. The number of aryl methyl sites for hydroxylation is 3. The van der Waals surface area contributed by atoms with E-state index in [1.165, 1.54) is 13.8 Å². The first-order valence-corrected chi connectivity index (χ1v) is 11.1. The Morgan fingerprint density at radius 3 is 1.03 bits per heavy atom. The van der Waals surface area contributed by atoms with E-state index in [1.54, 1.807) is 0 Å². The van der Waals surface area contributed by atoms with Crippen LogP contribution in [-0.4, -0.2) is 24.7 Å². The topological polar surface area (TPSA) is 0 Å². The van der Waals surface area contributed by atoms with E-state index in [4.69, 9.17) is 0 Å². The van der Waals surface area contributed by atoms with Crippen LogP contribution in [0.4, 0.5) is 52.7 Å². The third-order valence-corrected chi connectivity index (χ3v) is 6.74. The zero-order chi connectivity index (χ0) is 29.8. The summed E-state index contributed by atoms with van der Waals surface area (Å²) in [6, 6.07) is 6.12. The van der Waals surface area contributed by atoms with Gasteiger partial charge in [0.1, 0.15) is 0 Å². The molecule has 0 aliphatic heterocycles. The monoisotopic (exact) mass is 572 g/mol. The summed E-state index contributed by atoms with van der Waals surface area (Å²) in [5.41, 5.74) is -16.6. The minimum absolute atomic E-state index is 0.256. The van der Waals surface area contributed by atoms with Crippen LogP contribution in [0.25, 0.3) is 0 Å². The maximum absolute atomic E-state index is 14.6. The summed E-state index contributed by atoms with van der Waals surface area (Å²) in [4.78, 5) is 0. The van der Waals surface area contributed by atoms with Gasteiger partial charge in [0.2, 0.25) is 10.8 Å². The number of alkyl halides is 12. The molecule has 3 aromatic carbocycles. The second-order valence-corrected chi connectivity index (χ2v) is 9.25. The Morgan fingerprint density at radius 2 is 0.692 bits per heavy atom. The van der Waals surface area contributed by atoms with Gasteiger partial charge in [-0.3, -0.25) is 0 Å². The summed E-state index contributed by atoms with van der Waals surface area (Å²) in [5, 5.41) is 0. The van der Waals surface area contributed by atoms with Crippen molar-refractivity contribution in [3.63, 3.8) is 0 Å². The summed E-state index contributed by atoms with van der Waals surface area (Å²) in [6.07, 6.45) is -24.9. The van der Waals surface area contributed by atoms with Crippen LogP contribution in [0.2, 0.25) is 0 Å². The molecule has 0 spiro atoms. The maximum Gasteiger partial charge on any atom is 0.411 e. The highest BCUT2D eigenvalue weighted by molar-refractivity contribution is 5.53. The predicted molar refractivity (Wildman–Crippen MR) is 119 cm³/mol. The second-order valence-electron chi connectivity index (χ2n) is 9.25. The SMILES string of the molecule is Cc1ccc(C(c2ccc(C)c(C(c3ccc(C)cc3)(C(F)(F)F)C(F)(F)F)c2)(C(F)(F)F)C(F)(F)F)cc1. The Bertz CT molecular complexity index is 1280. The third-order valence-electron chi connectivity index (χ3n) is 6.74. The van der Waals surface area contributed by atoms with Crippen molar-refractivity contribution in [2.45, 2.75) is 56.3 Å². The van der Waals surface area contributed by atoms with Crippen molar-refractivity contribution in [1.82, 2.24) is 0 Å². The largest absolute Gasteiger partial charge is 0.411 e. The summed E-state index contributed by atoms with van der Waals surface area (Å²) < 4.78 is 175. The fraction of sp³-hybridized carbons (Fsp3) is 0.333. The molecule has 3 aromatic rings. The van der Waals surface area contributed by atoms with Gasteiger partial charge in [-0.1, -0.05) is 77.9 Å². The van der Waals surface area contributed by atoms with Crippen molar-refractivity contribution in [3.05, 3.63) is 106 Å². The van der Waals surface area contributed by atoms with Gasteiger partial charge in [0.25, 0.3) is 0 Å². The number of hydrogen-bond acceptors (Lipinski definition) is 0. The lowest BCUT2D eigenvalue weighted by Crippen LogP contribution is -2.56. The predicted octanol–water partition coefficient (Wildman–Crippen LogP) is 9.43. The summed E-state index contributed by atoms with van der Waals surface area (Å²) >= 11 is 0. The molecule has 0 N–H and O–H groups in total. The van der Waals surface area contributed by atoms with E-state index in [1.807, 2.05) is 0 Å². The first-order valence-electron chi connectivity index (χ1n) is 11.1. The number of rotatable bonds is 4. The van der Waals surface area contributed by atoms with Gasteiger partial charge in [-0.2, -0.15) is 52.7 Å². The maximum atomic E-state index is 14.6. The number of halogens is 12. The van der Waals surface area contributed by atoms with Crippen LogP contribution < -0.4 is 0 Å². The molecule has 0 nitrogen and oxygen atoms in total. The van der Waals surface area contributed by atoms with Gasteiger partial charge >= 0.3 is 24.7 Å². The van der Waals surface area contributed by atoms with Gasteiger partial charge in [-0.15, -0.1) is 0 Å².